The van der Waals surface area contributed by atoms with Crippen molar-refractivity contribution in [2.24, 2.45) is 0 Å². The van der Waals surface area contributed by atoms with Gasteiger partial charge in [0.05, 0.1) is 11.3 Å². The molecular weight excluding hydrogens is 283 g/mol. The number of halogens is 3. The fraction of sp³-hybridized carbons (Fsp3) is 0.200. The number of nitrogens with one attached hydrogen (secondary N) is 1. The number of alkyl halides is 3. The Kier molecular flexibility index (Phi) is 4.60. The molecule has 2 aromatic carbocycles. The van der Waals surface area contributed by atoms with Crippen LogP contribution in [-0.2, 0) is 11.9 Å². The molecule has 0 fully saturated rings. The van der Waals surface area contributed by atoms with E-state index in [4.69, 9.17) is 0 Å². The van der Waals surface area contributed by atoms with Crippen LogP contribution in [0.4, 0.5) is 24.5 Å². The number of hydrogen-bond donors (Lipinski definition) is 1. The van der Waals surface area contributed by atoms with Gasteiger partial charge in [-0.15, -0.1) is 0 Å². The van der Waals surface area contributed by atoms with Crippen molar-refractivity contribution in [3.8, 4) is 0 Å². The Bertz CT molecular complexity index is 581. The minimum atomic E-state index is -4.36. The summed E-state index contributed by atoms with van der Waals surface area (Å²) in [5.74, 6) is 0.747. The van der Waals surface area contributed by atoms with Crippen LogP contribution >= 0.6 is 11.8 Å². The fourth-order valence-electron chi connectivity index (χ4n) is 1.91. The van der Waals surface area contributed by atoms with Crippen LogP contribution < -0.4 is 5.32 Å². The van der Waals surface area contributed by atoms with Crippen molar-refractivity contribution in [2.45, 2.75) is 11.9 Å². The van der Waals surface area contributed by atoms with E-state index >= 15 is 0 Å². The lowest BCUT2D eigenvalue weighted by atomic mass is 10.1. The lowest BCUT2D eigenvalue weighted by Gasteiger charge is -2.16. The summed E-state index contributed by atoms with van der Waals surface area (Å²) < 4.78 is 38.9. The van der Waals surface area contributed by atoms with Gasteiger partial charge in [0.1, 0.15) is 0 Å². The average molecular weight is 297 g/mol. The summed E-state index contributed by atoms with van der Waals surface area (Å²) in [5, 5.41) is 2.90. The van der Waals surface area contributed by atoms with Crippen molar-refractivity contribution in [2.75, 3.05) is 11.6 Å². The predicted octanol–water partition coefficient (Wildman–Crippen LogP) is 5.31. The third-order valence-electron chi connectivity index (χ3n) is 2.82. The molecule has 5 heteroatoms. The second kappa shape index (κ2) is 6.22. The van der Waals surface area contributed by atoms with Crippen LogP contribution in [0.3, 0.4) is 0 Å². The zero-order valence-corrected chi connectivity index (χ0v) is 11.7. The summed E-state index contributed by atoms with van der Waals surface area (Å²) in [5.41, 5.74) is 1.11. The highest BCUT2D eigenvalue weighted by Crippen LogP contribution is 2.36. The van der Waals surface area contributed by atoms with Crippen LogP contribution in [0.15, 0.2) is 48.5 Å². The molecule has 0 heterocycles. The second-order valence-corrected chi connectivity index (χ2v) is 5.12. The van der Waals surface area contributed by atoms with Crippen LogP contribution in [0, 0.1) is 0 Å². The Balaban J connectivity index is 2.36. The third kappa shape index (κ3) is 3.48. The first-order valence-corrected chi connectivity index (χ1v) is 7.42. The molecule has 0 aliphatic rings. The number of thioether (sulfide) groups is 1. The monoisotopic (exact) mass is 297 g/mol. The smallest absolute Gasteiger partial charge is 0.355 e. The normalized spacial score (nSPS) is 11.4. The Morgan fingerprint density at radius 2 is 1.55 bits per heavy atom. The van der Waals surface area contributed by atoms with E-state index in [1.54, 1.807) is 23.9 Å². The van der Waals surface area contributed by atoms with Crippen molar-refractivity contribution in [3.05, 3.63) is 59.7 Å². The Morgan fingerprint density at radius 3 is 2.20 bits per heavy atom. The molecule has 0 spiro atoms. The van der Waals surface area contributed by atoms with Gasteiger partial charge in [-0.1, -0.05) is 30.3 Å². The number of hydrogen-bond acceptors (Lipinski definition) is 2. The summed E-state index contributed by atoms with van der Waals surface area (Å²) >= 11 is 1.63. The van der Waals surface area contributed by atoms with E-state index in [1.807, 2.05) is 24.5 Å². The first-order valence-electron chi connectivity index (χ1n) is 6.02. The van der Waals surface area contributed by atoms with Gasteiger partial charge in [0.25, 0.3) is 0 Å². The topological polar surface area (TPSA) is 12.0 Å². The van der Waals surface area contributed by atoms with Crippen molar-refractivity contribution < 1.29 is 13.2 Å². The van der Waals surface area contributed by atoms with Gasteiger partial charge >= 0.3 is 6.18 Å². The molecule has 106 valence electrons. The second-order valence-electron chi connectivity index (χ2n) is 4.26. The van der Waals surface area contributed by atoms with Crippen molar-refractivity contribution >= 4 is 23.1 Å². The minimum Gasteiger partial charge on any atom is -0.355 e. The van der Waals surface area contributed by atoms with Gasteiger partial charge in [-0.2, -0.15) is 24.9 Å². The van der Waals surface area contributed by atoms with E-state index in [1.165, 1.54) is 12.1 Å². The number of benzene rings is 2. The molecule has 0 saturated carbocycles. The summed E-state index contributed by atoms with van der Waals surface area (Å²) in [6, 6.07) is 12.9. The number of rotatable bonds is 4. The zero-order chi connectivity index (χ0) is 14.6. The molecule has 0 bridgehead atoms. The van der Waals surface area contributed by atoms with Gasteiger partial charge in [-0.25, -0.2) is 0 Å². The SMILES string of the molecule is CSCc1ccccc1Nc1ccccc1C(F)(F)F. The lowest BCUT2D eigenvalue weighted by molar-refractivity contribution is -0.136. The van der Waals surface area contributed by atoms with Crippen LogP contribution in [0.5, 0.6) is 0 Å². The number of para-hydroxylation sites is 2. The standard InChI is InChI=1S/C15H14F3NS/c1-20-10-11-6-2-4-8-13(11)19-14-9-5-3-7-12(14)15(16,17)18/h2-9,19H,10H2,1H3. The van der Waals surface area contributed by atoms with Gasteiger partial charge in [0.2, 0.25) is 0 Å². The quantitative estimate of drug-likeness (QED) is 0.820. The highest BCUT2D eigenvalue weighted by molar-refractivity contribution is 7.97. The Hall–Kier alpha value is -1.62. The van der Waals surface area contributed by atoms with Gasteiger partial charge in [0.15, 0.2) is 0 Å². The van der Waals surface area contributed by atoms with Crippen LogP contribution in [-0.4, -0.2) is 6.26 Å². The minimum absolute atomic E-state index is 0.0774. The van der Waals surface area contributed by atoms with Crippen LogP contribution in [0.1, 0.15) is 11.1 Å². The molecule has 0 unspecified atom stereocenters. The molecule has 0 radical (unpaired) electrons. The first kappa shape index (κ1) is 14.8. The zero-order valence-electron chi connectivity index (χ0n) is 10.9. The van der Waals surface area contributed by atoms with E-state index in [-0.39, 0.29) is 5.69 Å². The molecule has 0 amide bonds. The molecule has 0 aromatic heterocycles. The van der Waals surface area contributed by atoms with E-state index in [2.05, 4.69) is 5.32 Å². The molecule has 0 aliphatic heterocycles. The average Bonchev–Trinajstić information content (AvgIpc) is 2.41. The predicted molar refractivity (Wildman–Crippen MR) is 78.4 cm³/mol. The maximum Gasteiger partial charge on any atom is 0.418 e. The van der Waals surface area contributed by atoms with E-state index < -0.39 is 11.7 Å². The summed E-state index contributed by atoms with van der Waals surface area (Å²) in [6.45, 7) is 0. The van der Waals surface area contributed by atoms with Gasteiger partial charge in [-0.3, -0.25) is 0 Å². The maximum absolute atomic E-state index is 13.0. The van der Waals surface area contributed by atoms with Gasteiger partial charge < -0.3 is 5.32 Å². The molecule has 0 saturated heterocycles. The lowest BCUT2D eigenvalue weighted by Crippen LogP contribution is -2.09. The first-order chi connectivity index (χ1) is 9.52. The molecule has 20 heavy (non-hydrogen) atoms. The molecule has 1 N–H and O–H groups in total. The Morgan fingerprint density at radius 1 is 0.950 bits per heavy atom. The molecular formula is C15H14F3NS. The van der Waals surface area contributed by atoms with Crippen molar-refractivity contribution in [1.29, 1.82) is 0 Å². The molecule has 1 nitrogen and oxygen atoms in total. The largest absolute Gasteiger partial charge is 0.418 e. The van der Waals surface area contributed by atoms with E-state index in [0.29, 0.717) is 5.69 Å². The van der Waals surface area contributed by atoms with Crippen LogP contribution in [0.2, 0.25) is 0 Å². The van der Waals surface area contributed by atoms with Gasteiger partial charge in [-0.05, 0) is 30.0 Å². The van der Waals surface area contributed by atoms with Crippen molar-refractivity contribution in [1.82, 2.24) is 0 Å². The van der Waals surface area contributed by atoms with Crippen molar-refractivity contribution in [3.63, 3.8) is 0 Å². The Labute approximate surface area is 120 Å². The number of anilines is 2. The summed E-state index contributed by atoms with van der Waals surface area (Å²) in [4.78, 5) is 0. The van der Waals surface area contributed by atoms with Gasteiger partial charge in [0, 0.05) is 11.4 Å². The van der Waals surface area contributed by atoms with Crippen LogP contribution in [0.25, 0.3) is 0 Å². The van der Waals surface area contributed by atoms with E-state index in [0.717, 1.165) is 17.4 Å². The highest BCUT2D eigenvalue weighted by Gasteiger charge is 2.33. The maximum atomic E-state index is 13.0. The third-order valence-corrected chi connectivity index (χ3v) is 3.42. The molecule has 0 atom stereocenters. The summed E-state index contributed by atoms with van der Waals surface area (Å²) in [6.07, 6.45) is -2.40. The highest BCUT2D eigenvalue weighted by atomic mass is 32.2. The molecule has 0 aliphatic carbocycles. The fourth-order valence-corrected chi connectivity index (χ4v) is 2.47. The summed E-state index contributed by atoms with van der Waals surface area (Å²) in [7, 11) is 0. The molecule has 2 rings (SSSR count). The molecule has 2 aromatic rings. The van der Waals surface area contributed by atoms with E-state index in [9.17, 15) is 13.2 Å².